The first-order chi connectivity index (χ1) is 19.9. The van der Waals surface area contributed by atoms with Gasteiger partial charge >= 0.3 is 5.69 Å². The minimum Gasteiger partial charge on any atom is -0.439 e. The molecule has 8 nitrogen and oxygen atoms in total. The first kappa shape index (κ1) is 36.9. The van der Waals surface area contributed by atoms with Crippen molar-refractivity contribution in [1.29, 1.82) is 0 Å². The van der Waals surface area contributed by atoms with E-state index in [1.165, 1.54) is 4.57 Å². The molecule has 4 atom stereocenters. The van der Waals surface area contributed by atoms with E-state index >= 15 is 0 Å². The van der Waals surface area contributed by atoms with Gasteiger partial charge in [0.25, 0.3) is 0 Å². The third-order valence-electron chi connectivity index (χ3n) is 10.2. The molecule has 1 aromatic heterocycles. The summed E-state index contributed by atoms with van der Waals surface area (Å²) in [6, 6.07) is 11.0. The summed E-state index contributed by atoms with van der Waals surface area (Å²) < 4.78 is 35.3. The van der Waals surface area contributed by atoms with Crippen LogP contribution in [0.25, 0.3) is 0 Å². The second-order valence-electron chi connectivity index (χ2n) is 16.7. The Morgan fingerprint density at radius 1 is 0.750 bits per heavy atom. The van der Waals surface area contributed by atoms with Crippen LogP contribution in [0.3, 0.4) is 0 Å². The summed E-state index contributed by atoms with van der Waals surface area (Å²) in [6.45, 7) is 33.8. The zero-order valence-electron chi connectivity index (χ0n) is 29.9. The van der Waals surface area contributed by atoms with Gasteiger partial charge in [0.1, 0.15) is 24.1 Å². The fourth-order valence-electron chi connectivity index (χ4n) is 4.13. The average molecular weight is 663 g/mol. The topological polar surface area (TPSA) is 81.0 Å². The van der Waals surface area contributed by atoms with Crippen LogP contribution in [-0.2, 0) is 18.0 Å². The molecule has 2 heterocycles. The highest BCUT2D eigenvalue weighted by Gasteiger charge is 2.55. The Morgan fingerprint density at radius 2 is 1.25 bits per heavy atom. The predicted molar refractivity (Wildman–Crippen MR) is 186 cm³/mol. The highest BCUT2D eigenvalue weighted by Crippen LogP contribution is 2.46. The molecule has 1 aliphatic rings. The first-order valence-electron chi connectivity index (χ1n) is 15.8. The molecule has 3 rings (SSSR count). The summed E-state index contributed by atoms with van der Waals surface area (Å²) in [4.78, 5) is 17.9. The Morgan fingerprint density at radius 3 is 1.73 bits per heavy atom. The molecule has 1 aliphatic heterocycles. The Labute approximate surface area is 269 Å². The molecule has 0 N–H and O–H groups in total. The molecule has 2 aromatic rings. The third kappa shape index (κ3) is 8.40. The fourth-order valence-corrected chi connectivity index (χ4v) is 7.75. The van der Waals surface area contributed by atoms with Crippen LogP contribution in [0.2, 0.25) is 54.4 Å². The molecule has 0 unspecified atom stereocenters. The van der Waals surface area contributed by atoms with Gasteiger partial charge in [0.2, 0.25) is 5.88 Å². The number of rotatable bonds is 10. The molecular formula is C33H58N2O6Si3. The lowest BCUT2D eigenvalue weighted by Crippen LogP contribution is -2.54. The molecule has 248 valence electrons. The number of aromatic nitrogens is 2. The molecule has 0 radical (unpaired) electrons. The average Bonchev–Trinajstić information content (AvgIpc) is 3.17. The molecule has 0 amide bonds. The summed E-state index contributed by atoms with van der Waals surface area (Å²) in [5.41, 5.74) is -0.468. The second kappa shape index (κ2) is 12.9. The normalized spacial score (nSPS) is 22.3. The number of hydrogen-bond donors (Lipinski definition) is 0. The largest absolute Gasteiger partial charge is 0.439 e. The van der Waals surface area contributed by atoms with Gasteiger partial charge < -0.3 is 22.8 Å². The van der Waals surface area contributed by atoms with Crippen molar-refractivity contribution in [3.63, 3.8) is 0 Å². The maximum absolute atomic E-state index is 13.6. The van der Waals surface area contributed by atoms with Crippen LogP contribution in [0.4, 0.5) is 0 Å². The van der Waals surface area contributed by atoms with Crippen molar-refractivity contribution in [3.05, 3.63) is 53.1 Å². The molecule has 11 heteroatoms. The van der Waals surface area contributed by atoms with E-state index in [9.17, 15) is 4.79 Å². The van der Waals surface area contributed by atoms with Crippen molar-refractivity contribution in [2.75, 3.05) is 6.61 Å². The molecule has 44 heavy (non-hydrogen) atoms. The number of nitrogens with zero attached hydrogens (tertiary/aromatic N) is 2. The summed E-state index contributed by atoms with van der Waals surface area (Å²) in [7, 11) is -6.74. The lowest BCUT2D eigenvalue weighted by atomic mass is 10.1. The molecular weight excluding hydrogens is 605 g/mol. The Balaban J connectivity index is 2.10. The first-order valence-corrected chi connectivity index (χ1v) is 24.6. The SMILES string of the molecule is CC(C)(C)[Si](C)(C)OC[C@H]1O[C@@H](n2ccc(Oc3ccccc3)nc2=O)[C@H](O[Si](C)(C)C(C)(C)C)[C@@H]1O[Si](C)(C)C(C)(C)C. The third-order valence-corrected chi connectivity index (χ3v) is 23.7. The number of para-hydroxylation sites is 1. The van der Waals surface area contributed by atoms with Crippen LogP contribution in [-0.4, -0.2) is 59.4 Å². The Bertz CT molecular complexity index is 1310. The minimum absolute atomic E-state index is 0.0350. The van der Waals surface area contributed by atoms with Gasteiger partial charge in [0.15, 0.2) is 31.2 Å². The standard InChI is InChI=1S/C33H58N2O6Si3/c1-31(2,3)42(10,11)37-23-25-27(40-43(12,13)32(4,5)6)28(41-44(14,15)33(7,8)9)29(39-25)35-22-21-26(34-30(35)36)38-24-19-17-16-18-20-24/h16-22,25,27-29H,23H2,1-15H3/t25-,27-,28-,29-/m1/s1. The molecule has 1 aromatic carbocycles. The lowest BCUT2D eigenvalue weighted by Gasteiger charge is -2.44. The quantitative estimate of drug-likeness (QED) is 0.235. The maximum atomic E-state index is 13.6. The van der Waals surface area contributed by atoms with E-state index in [4.69, 9.17) is 22.8 Å². The number of benzene rings is 1. The van der Waals surface area contributed by atoms with Crippen molar-refractivity contribution in [2.24, 2.45) is 0 Å². The summed E-state index contributed by atoms with van der Waals surface area (Å²) in [5, 5.41) is -0.0646. The van der Waals surface area contributed by atoms with Gasteiger partial charge in [-0.1, -0.05) is 80.5 Å². The van der Waals surface area contributed by atoms with Crippen molar-refractivity contribution >= 4 is 25.0 Å². The fraction of sp³-hybridized carbons (Fsp3) is 0.697. The molecule has 0 aliphatic carbocycles. The van der Waals surface area contributed by atoms with E-state index in [-0.39, 0.29) is 21.0 Å². The van der Waals surface area contributed by atoms with Crippen molar-refractivity contribution in [2.45, 2.75) is 141 Å². The van der Waals surface area contributed by atoms with Gasteiger partial charge in [0, 0.05) is 12.3 Å². The van der Waals surface area contributed by atoms with Crippen LogP contribution in [0, 0.1) is 0 Å². The molecule has 0 bridgehead atoms. The summed E-state index contributed by atoms with van der Waals surface area (Å²) >= 11 is 0. The van der Waals surface area contributed by atoms with Gasteiger partial charge in [-0.25, -0.2) is 4.79 Å². The molecule has 1 saturated heterocycles. The monoisotopic (exact) mass is 662 g/mol. The minimum atomic E-state index is -2.34. The van der Waals surface area contributed by atoms with E-state index in [2.05, 4.69) is 107 Å². The van der Waals surface area contributed by atoms with E-state index < -0.39 is 55.2 Å². The summed E-state index contributed by atoms with van der Waals surface area (Å²) in [5.74, 6) is 0.836. The Kier molecular flexibility index (Phi) is 10.8. The smallest absolute Gasteiger partial charge is 0.353 e. The van der Waals surface area contributed by atoms with E-state index in [0.29, 0.717) is 12.4 Å². The van der Waals surface area contributed by atoms with E-state index in [1.807, 2.05) is 30.3 Å². The molecule has 0 spiro atoms. The van der Waals surface area contributed by atoms with Gasteiger partial charge in [-0.05, 0) is 66.5 Å². The Hall–Kier alpha value is -1.61. The molecule has 0 saturated carbocycles. The van der Waals surface area contributed by atoms with Gasteiger partial charge in [-0.3, -0.25) is 4.57 Å². The van der Waals surface area contributed by atoms with Gasteiger partial charge in [-0.2, -0.15) is 4.98 Å². The van der Waals surface area contributed by atoms with Crippen LogP contribution in [0.15, 0.2) is 47.4 Å². The van der Waals surface area contributed by atoms with Crippen molar-refractivity contribution in [1.82, 2.24) is 9.55 Å². The highest BCUT2D eigenvalue weighted by atomic mass is 28.4. The molecule has 1 fully saturated rings. The number of hydrogen-bond acceptors (Lipinski definition) is 7. The zero-order valence-corrected chi connectivity index (χ0v) is 32.9. The van der Waals surface area contributed by atoms with Gasteiger partial charge in [-0.15, -0.1) is 0 Å². The summed E-state index contributed by atoms with van der Waals surface area (Å²) in [6.07, 6.45) is -0.422. The van der Waals surface area contributed by atoms with Crippen LogP contribution < -0.4 is 10.4 Å². The van der Waals surface area contributed by atoms with Gasteiger partial charge in [0.05, 0.1) is 6.61 Å². The van der Waals surface area contributed by atoms with E-state index in [0.717, 1.165) is 0 Å². The maximum Gasteiger partial charge on any atom is 0.353 e. The van der Waals surface area contributed by atoms with Crippen LogP contribution in [0.5, 0.6) is 11.6 Å². The van der Waals surface area contributed by atoms with Crippen molar-refractivity contribution in [3.8, 4) is 11.6 Å². The number of ether oxygens (including phenoxy) is 2. The zero-order chi connectivity index (χ0) is 33.5. The van der Waals surface area contributed by atoms with Crippen LogP contribution in [0.1, 0.15) is 68.5 Å². The van der Waals surface area contributed by atoms with E-state index in [1.54, 1.807) is 12.3 Å². The second-order valence-corrected chi connectivity index (χ2v) is 31.0. The predicted octanol–water partition coefficient (Wildman–Crippen LogP) is 8.74. The highest BCUT2D eigenvalue weighted by molar-refractivity contribution is 6.75. The lowest BCUT2D eigenvalue weighted by molar-refractivity contribution is -0.0510. The van der Waals surface area contributed by atoms with Crippen molar-refractivity contribution < 1.29 is 22.8 Å². The van der Waals surface area contributed by atoms with Crippen LogP contribution >= 0.6 is 0 Å².